The molecule has 20 heavy (non-hydrogen) atoms. The SMILES string of the molecule is CCCCCCCCC(N)Cc1ccccc1[N+](=O)[O-]. The number of hydrogen-bond donors (Lipinski definition) is 1. The van der Waals surface area contributed by atoms with Crippen LogP contribution in [0.5, 0.6) is 0 Å². The van der Waals surface area contributed by atoms with Gasteiger partial charge in [-0.2, -0.15) is 0 Å². The van der Waals surface area contributed by atoms with Crippen molar-refractivity contribution in [1.82, 2.24) is 0 Å². The highest BCUT2D eigenvalue weighted by molar-refractivity contribution is 5.40. The van der Waals surface area contributed by atoms with Gasteiger partial charge in [0.25, 0.3) is 5.69 Å². The van der Waals surface area contributed by atoms with Crippen LogP contribution in [0.4, 0.5) is 5.69 Å². The smallest absolute Gasteiger partial charge is 0.272 e. The number of hydrogen-bond acceptors (Lipinski definition) is 3. The molecule has 4 heteroatoms. The minimum absolute atomic E-state index is 0.0160. The Morgan fingerprint density at radius 3 is 2.50 bits per heavy atom. The minimum atomic E-state index is -0.327. The van der Waals surface area contributed by atoms with E-state index in [0.29, 0.717) is 6.42 Å². The second-order valence-electron chi connectivity index (χ2n) is 5.41. The molecular weight excluding hydrogens is 252 g/mol. The number of benzene rings is 1. The Balaban J connectivity index is 2.32. The van der Waals surface area contributed by atoms with Crippen molar-refractivity contribution in [2.24, 2.45) is 5.73 Å². The van der Waals surface area contributed by atoms with Gasteiger partial charge in [-0.1, -0.05) is 63.6 Å². The van der Waals surface area contributed by atoms with E-state index in [-0.39, 0.29) is 16.7 Å². The summed E-state index contributed by atoms with van der Waals surface area (Å²) in [5.41, 5.74) is 7.03. The average Bonchev–Trinajstić information content (AvgIpc) is 2.43. The van der Waals surface area contributed by atoms with Crippen LogP contribution in [0.15, 0.2) is 24.3 Å². The Morgan fingerprint density at radius 2 is 1.80 bits per heavy atom. The van der Waals surface area contributed by atoms with Gasteiger partial charge in [-0.15, -0.1) is 0 Å². The summed E-state index contributed by atoms with van der Waals surface area (Å²) in [5.74, 6) is 0. The van der Waals surface area contributed by atoms with Gasteiger partial charge < -0.3 is 5.73 Å². The number of unbranched alkanes of at least 4 members (excludes halogenated alkanes) is 5. The maximum Gasteiger partial charge on any atom is 0.272 e. The molecule has 0 saturated carbocycles. The quantitative estimate of drug-likeness (QED) is 0.396. The predicted molar refractivity (Wildman–Crippen MR) is 82.8 cm³/mol. The fourth-order valence-electron chi connectivity index (χ4n) is 2.43. The number of nitrogens with two attached hydrogens (primary N) is 1. The van der Waals surface area contributed by atoms with Gasteiger partial charge in [0.15, 0.2) is 0 Å². The Labute approximate surface area is 121 Å². The maximum atomic E-state index is 10.9. The molecule has 0 fully saturated rings. The van der Waals surface area contributed by atoms with E-state index < -0.39 is 0 Å². The van der Waals surface area contributed by atoms with Crippen molar-refractivity contribution in [2.45, 2.75) is 64.3 Å². The summed E-state index contributed by atoms with van der Waals surface area (Å²) in [4.78, 5) is 10.6. The summed E-state index contributed by atoms with van der Waals surface area (Å²) in [6.45, 7) is 2.21. The van der Waals surface area contributed by atoms with Crippen LogP contribution in [0, 0.1) is 10.1 Å². The predicted octanol–water partition coefficient (Wildman–Crippen LogP) is 4.22. The van der Waals surface area contributed by atoms with E-state index in [1.807, 2.05) is 6.07 Å². The lowest BCUT2D eigenvalue weighted by molar-refractivity contribution is -0.385. The first kappa shape index (κ1) is 16.6. The minimum Gasteiger partial charge on any atom is -0.327 e. The van der Waals surface area contributed by atoms with Crippen molar-refractivity contribution in [3.63, 3.8) is 0 Å². The number of nitrogens with zero attached hydrogens (tertiary/aromatic N) is 1. The van der Waals surface area contributed by atoms with Gasteiger partial charge in [0.2, 0.25) is 0 Å². The summed E-state index contributed by atoms with van der Waals surface area (Å²) >= 11 is 0. The highest BCUT2D eigenvalue weighted by atomic mass is 16.6. The Hall–Kier alpha value is -1.42. The molecule has 0 amide bonds. The first-order chi connectivity index (χ1) is 9.65. The van der Waals surface area contributed by atoms with Gasteiger partial charge in [0.1, 0.15) is 0 Å². The van der Waals surface area contributed by atoms with Crippen molar-refractivity contribution >= 4 is 5.69 Å². The van der Waals surface area contributed by atoms with Crippen molar-refractivity contribution in [1.29, 1.82) is 0 Å². The van der Waals surface area contributed by atoms with Crippen LogP contribution in [-0.2, 0) is 6.42 Å². The highest BCUT2D eigenvalue weighted by Crippen LogP contribution is 2.20. The third-order valence-corrected chi connectivity index (χ3v) is 3.60. The topological polar surface area (TPSA) is 69.2 Å². The molecule has 0 aliphatic carbocycles. The van der Waals surface area contributed by atoms with Crippen LogP contribution in [0.3, 0.4) is 0 Å². The van der Waals surface area contributed by atoms with Crippen molar-refractivity contribution in [3.05, 3.63) is 39.9 Å². The van der Waals surface area contributed by atoms with E-state index in [4.69, 9.17) is 5.73 Å². The zero-order valence-electron chi connectivity index (χ0n) is 12.4. The van der Waals surface area contributed by atoms with Crippen LogP contribution in [-0.4, -0.2) is 11.0 Å². The Bertz CT molecular complexity index is 407. The molecule has 0 saturated heterocycles. The molecule has 1 atom stereocenters. The van der Waals surface area contributed by atoms with Gasteiger partial charge >= 0.3 is 0 Å². The van der Waals surface area contributed by atoms with E-state index in [1.165, 1.54) is 32.1 Å². The van der Waals surface area contributed by atoms with Gasteiger partial charge in [-0.25, -0.2) is 0 Å². The number of nitro benzene ring substituents is 1. The molecule has 2 N–H and O–H groups in total. The Kier molecular flexibility index (Phi) is 7.88. The molecule has 4 nitrogen and oxygen atoms in total. The third-order valence-electron chi connectivity index (χ3n) is 3.60. The van der Waals surface area contributed by atoms with E-state index >= 15 is 0 Å². The standard InChI is InChI=1S/C16H26N2O2/c1-2-3-4-5-6-7-11-15(17)13-14-10-8-9-12-16(14)18(19)20/h8-10,12,15H,2-7,11,13,17H2,1H3. The molecule has 1 unspecified atom stereocenters. The molecule has 1 aromatic carbocycles. The summed E-state index contributed by atoms with van der Waals surface area (Å²) < 4.78 is 0. The fraction of sp³-hybridized carbons (Fsp3) is 0.625. The zero-order chi connectivity index (χ0) is 14.8. The number of rotatable bonds is 10. The molecule has 0 bridgehead atoms. The van der Waals surface area contributed by atoms with Gasteiger partial charge in [-0.05, 0) is 12.8 Å². The lowest BCUT2D eigenvalue weighted by atomic mass is 9.99. The molecule has 0 heterocycles. The third kappa shape index (κ3) is 6.15. The van der Waals surface area contributed by atoms with E-state index in [1.54, 1.807) is 18.2 Å². The summed E-state index contributed by atoms with van der Waals surface area (Å²) in [7, 11) is 0. The summed E-state index contributed by atoms with van der Waals surface area (Å²) in [5, 5.41) is 10.9. The van der Waals surface area contributed by atoms with E-state index in [2.05, 4.69) is 6.92 Å². The number of nitro groups is 1. The van der Waals surface area contributed by atoms with Crippen molar-refractivity contribution in [2.75, 3.05) is 0 Å². The second kappa shape index (κ2) is 9.48. The molecule has 0 aliphatic heterocycles. The van der Waals surface area contributed by atoms with Crippen LogP contribution in [0.25, 0.3) is 0 Å². The normalized spacial score (nSPS) is 12.3. The Morgan fingerprint density at radius 1 is 1.15 bits per heavy atom. The van der Waals surface area contributed by atoms with Crippen molar-refractivity contribution < 1.29 is 4.92 Å². The molecule has 0 spiro atoms. The van der Waals surface area contributed by atoms with Crippen molar-refractivity contribution in [3.8, 4) is 0 Å². The number of para-hydroxylation sites is 1. The zero-order valence-corrected chi connectivity index (χ0v) is 12.4. The van der Waals surface area contributed by atoms with Gasteiger partial charge in [0.05, 0.1) is 4.92 Å². The van der Waals surface area contributed by atoms with Crippen LogP contribution < -0.4 is 5.73 Å². The molecule has 0 radical (unpaired) electrons. The van der Waals surface area contributed by atoms with E-state index in [0.717, 1.165) is 18.4 Å². The fourth-order valence-corrected chi connectivity index (χ4v) is 2.43. The molecule has 0 aromatic heterocycles. The highest BCUT2D eigenvalue weighted by Gasteiger charge is 2.14. The molecule has 0 aliphatic rings. The molecular formula is C16H26N2O2. The first-order valence-corrected chi connectivity index (χ1v) is 7.63. The van der Waals surface area contributed by atoms with E-state index in [9.17, 15) is 10.1 Å². The average molecular weight is 278 g/mol. The van der Waals surface area contributed by atoms with Crippen LogP contribution in [0.2, 0.25) is 0 Å². The van der Waals surface area contributed by atoms with Gasteiger partial charge in [-0.3, -0.25) is 10.1 Å². The van der Waals surface area contributed by atoms with Crippen LogP contribution in [0.1, 0.15) is 57.4 Å². The lowest BCUT2D eigenvalue weighted by Crippen LogP contribution is -2.23. The van der Waals surface area contributed by atoms with Gasteiger partial charge in [0, 0.05) is 17.7 Å². The van der Waals surface area contributed by atoms with Crippen LogP contribution >= 0.6 is 0 Å². The monoisotopic (exact) mass is 278 g/mol. The largest absolute Gasteiger partial charge is 0.327 e. The second-order valence-corrected chi connectivity index (χ2v) is 5.41. The lowest BCUT2D eigenvalue weighted by Gasteiger charge is -2.11. The maximum absolute atomic E-state index is 10.9. The molecule has 1 rings (SSSR count). The summed E-state index contributed by atoms with van der Waals surface area (Å²) in [6, 6.07) is 6.90. The first-order valence-electron chi connectivity index (χ1n) is 7.63. The molecule has 1 aromatic rings. The summed E-state index contributed by atoms with van der Waals surface area (Å²) in [6.07, 6.45) is 9.00. The molecule has 112 valence electrons.